The molecular weight excluding hydrogens is 645 g/mol. The molecule has 0 fully saturated rings. The fourth-order valence-corrected chi connectivity index (χ4v) is 7.35. The largest absolute Gasteiger partial charge is 0.495 e. The summed E-state index contributed by atoms with van der Waals surface area (Å²) in [5.74, 6) is -1.80. The Balaban J connectivity index is 1.64. The van der Waals surface area contributed by atoms with Crippen LogP contribution in [0.3, 0.4) is 0 Å². The maximum absolute atomic E-state index is 15.2. The van der Waals surface area contributed by atoms with Gasteiger partial charge in [0.25, 0.3) is 0 Å². The second-order valence-electron chi connectivity index (χ2n) is 12.3. The van der Waals surface area contributed by atoms with Crippen molar-refractivity contribution in [2.75, 3.05) is 40.6 Å². The van der Waals surface area contributed by atoms with Gasteiger partial charge in [0.2, 0.25) is 0 Å². The van der Waals surface area contributed by atoms with E-state index in [0.717, 1.165) is 36.0 Å². The number of unbranched alkanes of at least 4 members (excludes halogenated alkanes) is 1. The first-order valence-electron chi connectivity index (χ1n) is 14.2. The normalized spacial score (nSPS) is 12.5. The molecule has 0 saturated heterocycles. The zero-order valence-electron chi connectivity index (χ0n) is 26.1. The second-order valence-corrected chi connectivity index (χ2v) is 15.7. The molecule has 0 aliphatic rings. The van der Waals surface area contributed by atoms with Gasteiger partial charge >= 0.3 is 0 Å². The van der Waals surface area contributed by atoms with Gasteiger partial charge in [0.1, 0.15) is 29.0 Å². The number of thioether (sulfide) groups is 1. The van der Waals surface area contributed by atoms with Gasteiger partial charge in [0, 0.05) is 17.0 Å². The van der Waals surface area contributed by atoms with Crippen molar-refractivity contribution in [1.82, 2.24) is 14.8 Å². The molecule has 4 aromatic rings. The van der Waals surface area contributed by atoms with Gasteiger partial charge in [-0.15, -0.1) is 10.2 Å². The molecule has 0 unspecified atom stereocenters. The minimum atomic E-state index is -3.87. The van der Waals surface area contributed by atoms with Gasteiger partial charge in [-0.1, -0.05) is 29.4 Å². The fourth-order valence-electron chi connectivity index (χ4n) is 4.80. The summed E-state index contributed by atoms with van der Waals surface area (Å²) >= 11 is 7.27. The molecule has 0 bridgehead atoms. The van der Waals surface area contributed by atoms with E-state index in [1.54, 1.807) is 28.8 Å². The van der Waals surface area contributed by atoms with Crippen molar-refractivity contribution in [3.05, 3.63) is 94.0 Å². The van der Waals surface area contributed by atoms with Gasteiger partial charge < -0.3 is 9.22 Å². The Morgan fingerprint density at radius 3 is 2.20 bits per heavy atom. The van der Waals surface area contributed by atoms with Crippen LogP contribution in [0.25, 0.3) is 5.69 Å². The highest BCUT2D eigenvalue weighted by Gasteiger charge is 2.32. The van der Waals surface area contributed by atoms with Crippen LogP contribution in [0.1, 0.15) is 43.6 Å². The van der Waals surface area contributed by atoms with Crippen molar-refractivity contribution < 1.29 is 30.8 Å². The molecule has 0 N–H and O–H groups in total. The molecule has 0 spiro atoms. The minimum Gasteiger partial charge on any atom is -0.495 e. The zero-order chi connectivity index (χ0) is 33.2. The topological polar surface area (TPSA) is 74.1 Å². The van der Waals surface area contributed by atoms with Gasteiger partial charge in [0.05, 0.1) is 55.9 Å². The van der Waals surface area contributed by atoms with Gasteiger partial charge in [-0.05, 0) is 80.8 Å². The van der Waals surface area contributed by atoms with E-state index >= 15 is 8.78 Å². The van der Waals surface area contributed by atoms with Crippen LogP contribution < -0.4 is 4.74 Å². The highest BCUT2D eigenvalue weighted by Crippen LogP contribution is 2.38. The predicted molar refractivity (Wildman–Crippen MR) is 172 cm³/mol. The number of benzene rings is 3. The fraction of sp³-hybridized carbons (Fsp3) is 0.375. The molecule has 0 aliphatic carbocycles. The van der Waals surface area contributed by atoms with Crippen LogP contribution in [0.2, 0.25) is 5.02 Å². The number of hydrogen-bond donors (Lipinski definition) is 0. The lowest BCUT2D eigenvalue weighted by atomic mass is 9.83. The smallest absolute Gasteiger partial charge is 0.196 e. The average molecular weight is 682 g/mol. The Kier molecular flexibility index (Phi) is 10.6. The molecule has 4 rings (SSSR count). The summed E-state index contributed by atoms with van der Waals surface area (Å²) in [6.07, 6.45) is 1.06. The molecule has 0 radical (unpaired) electrons. The van der Waals surface area contributed by atoms with Gasteiger partial charge in [-0.2, -0.15) is 0 Å². The Labute approximate surface area is 271 Å². The lowest BCUT2D eigenvalue weighted by Crippen LogP contribution is -2.35. The summed E-state index contributed by atoms with van der Waals surface area (Å²) in [5.41, 5.74) is 0.292. The number of hydrogen-bond acceptors (Lipinski definition) is 6. The van der Waals surface area contributed by atoms with Crippen molar-refractivity contribution in [2.45, 2.75) is 47.9 Å². The van der Waals surface area contributed by atoms with Crippen molar-refractivity contribution in [1.29, 1.82) is 0 Å². The van der Waals surface area contributed by atoms with Gasteiger partial charge in [-0.25, -0.2) is 21.6 Å². The average Bonchev–Trinajstić information content (AvgIpc) is 3.39. The Morgan fingerprint density at radius 2 is 1.60 bits per heavy atom. The molecule has 0 saturated carbocycles. The standard InChI is InChI=1S/C32H37ClF3N4O3S2/c1-32(2,21-9-14-26(33)29(17-21)43-6)30-37-38-31(39(30)23-12-10-22(34)11-13-23)44-20-25-27(35)18-24(19-28(25)36)45(41,42)16-8-7-15-40(3,4)5/h9-14,17-19H,7-8,15-16,20H2,1-6H3/q+1. The third kappa shape index (κ3) is 8.21. The predicted octanol–water partition coefficient (Wildman–Crippen LogP) is 7.22. The lowest BCUT2D eigenvalue weighted by molar-refractivity contribution is -0.870. The highest BCUT2D eigenvalue weighted by atomic mass is 35.5. The van der Waals surface area contributed by atoms with Crippen molar-refractivity contribution in [3.8, 4) is 11.4 Å². The van der Waals surface area contributed by atoms with E-state index < -0.39 is 32.7 Å². The molecule has 0 amide bonds. The SMILES string of the molecule is COc1cc(C(C)(C)c2nnc(SCc3c(F)cc(S(=O)(=O)CCCC[N+](C)(C)C)cc3F)n2-c2ccc(F)cc2)ccc1Cl. The zero-order valence-corrected chi connectivity index (χ0v) is 28.5. The van der Waals surface area contributed by atoms with E-state index in [2.05, 4.69) is 10.2 Å². The van der Waals surface area contributed by atoms with E-state index in [9.17, 15) is 12.8 Å². The summed E-state index contributed by atoms with van der Waals surface area (Å²) in [6.45, 7) is 4.63. The molecule has 1 aromatic heterocycles. The van der Waals surface area contributed by atoms with E-state index in [4.69, 9.17) is 16.3 Å². The molecule has 7 nitrogen and oxygen atoms in total. The number of aromatic nitrogens is 3. The maximum Gasteiger partial charge on any atom is 0.196 e. The quantitative estimate of drug-likeness (QED) is 0.0843. The molecule has 0 aliphatic heterocycles. The molecular formula is C32H37ClF3N4O3S2+. The van der Waals surface area contributed by atoms with Crippen LogP contribution in [0.15, 0.2) is 64.6 Å². The number of sulfone groups is 1. The summed E-state index contributed by atoms with van der Waals surface area (Å²) < 4.78 is 77.8. The van der Waals surface area contributed by atoms with Crippen LogP contribution in [0.4, 0.5) is 13.2 Å². The first kappa shape index (κ1) is 34.8. The van der Waals surface area contributed by atoms with Crippen LogP contribution in [-0.4, -0.2) is 68.2 Å². The second kappa shape index (κ2) is 13.7. The third-order valence-corrected chi connectivity index (χ3v) is 10.5. The van der Waals surface area contributed by atoms with E-state index in [-0.39, 0.29) is 22.0 Å². The van der Waals surface area contributed by atoms with Crippen LogP contribution in [0.5, 0.6) is 5.75 Å². The summed E-state index contributed by atoms with van der Waals surface area (Å²) in [5, 5.41) is 9.54. The Morgan fingerprint density at radius 1 is 0.956 bits per heavy atom. The first-order chi connectivity index (χ1) is 21.0. The first-order valence-corrected chi connectivity index (χ1v) is 17.2. The van der Waals surface area contributed by atoms with Crippen LogP contribution in [-0.2, 0) is 21.0 Å². The van der Waals surface area contributed by atoms with E-state index in [0.29, 0.717) is 44.8 Å². The molecule has 242 valence electrons. The minimum absolute atomic E-state index is 0.196. The number of methoxy groups -OCH3 is 1. The van der Waals surface area contributed by atoms with Crippen LogP contribution in [0, 0.1) is 17.5 Å². The third-order valence-electron chi connectivity index (χ3n) is 7.46. The summed E-state index contributed by atoms with van der Waals surface area (Å²) in [7, 11) is 3.68. The molecule has 13 heteroatoms. The lowest BCUT2D eigenvalue weighted by Gasteiger charge is -2.26. The molecule has 1 heterocycles. The number of halogens is 4. The highest BCUT2D eigenvalue weighted by molar-refractivity contribution is 7.98. The van der Waals surface area contributed by atoms with Gasteiger partial charge in [0.15, 0.2) is 15.0 Å². The Hall–Kier alpha value is -3.06. The van der Waals surface area contributed by atoms with Gasteiger partial charge in [-0.3, -0.25) is 4.57 Å². The molecule has 3 aromatic carbocycles. The van der Waals surface area contributed by atoms with Crippen molar-refractivity contribution in [2.24, 2.45) is 0 Å². The molecule has 45 heavy (non-hydrogen) atoms. The molecule has 0 atom stereocenters. The number of ether oxygens (including phenoxy) is 1. The number of rotatable bonds is 13. The Bertz CT molecular complexity index is 1750. The maximum atomic E-state index is 15.2. The van der Waals surface area contributed by atoms with Crippen molar-refractivity contribution in [3.63, 3.8) is 0 Å². The summed E-state index contributed by atoms with van der Waals surface area (Å²) in [6, 6.07) is 12.8. The monoisotopic (exact) mass is 681 g/mol. The van der Waals surface area contributed by atoms with Crippen molar-refractivity contribution >= 4 is 33.2 Å². The summed E-state index contributed by atoms with van der Waals surface area (Å²) in [4.78, 5) is -0.381. The number of quaternary nitrogens is 1. The number of nitrogens with zero attached hydrogens (tertiary/aromatic N) is 4. The van der Waals surface area contributed by atoms with E-state index in [1.165, 1.54) is 19.2 Å². The van der Waals surface area contributed by atoms with E-state index in [1.807, 2.05) is 41.1 Å². The van der Waals surface area contributed by atoms with Crippen LogP contribution >= 0.6 is 23.4 Å².